The minimum atomic E-state index is -0.447. The van der Waals surface area contributed by atoms with Gasteiger partial charge in [-0.05, 0) is 17.7 Å². The summed E-state index contributed by atoms with van der Waals surface area (Å²) in [5, 5.41) is 1.41. The third kappa shape index (κ3) is 2.91. The van der Waals surface area contributed by atoms with Crippen molar-refractivity contribution in [1.29, 1.82) is 0 Å². The summed E-state index contributed by atoms with van der Waals surface area (Å²) >= 11 is 13.2. The summed E-state index contributed by atoms with van der Waals surface area (Å²) in [7, 11) is 2.98. The molecule has 0 atom stereocenters. The maximum atomic E-state index is 12.1. The molecule has 0 unspecified atom stereocenters. The van der Waals surface area contributed by atoms with Gasteiger partial charge in [-0.3, -0.25) is 0 Å². The molecular weight excluding hydrogens is 359 g/mol. The highest BCUT2D eigenvalue weighted by Crippen LogP contribution is 2.26. The van der Waals surface area contributed by atoms with Crippen LogP contribution in [-0.4, -0.2) is 52.2 Å². The van der Waals surface area contributed by atoms with Crippen LogP contribution < -0.4 is 0 Å². The standard InChI is InChI=1S/C14H11Cl2N4O2S/c1-19-11-10(12(21)20(2)14(19)22)17-13(18-11)23-6-7-3-4-8(15)9(16)5-7/h3-5H,6H2,1-2H3/q+1. The van der Waals surface area contributed by atoms with E-state index in [2.05, 4.69) is 9.98 Å². The highest BCUT2D eigenvalue weighted by atomic mass is 35.5. The van der Waals surface area contributed by atoms with Gasteiger partial charge < -0.3 is 0 Å². The molecule has 118 valence electrons. The zero-order chi connectivity index (χ0) is 16.7. The van der Waals surface area contributed by atoms with Crippen molar-refractivity contribution in [3.63, 3.8) is 0 Å². The van der Waals surface area contributed by atoms with Crippen molar-refractivity contribution >= 4 is 63.6 Å². The molecule has 2 heterocycles. The Labute approximate surface area is 146 Å². The van der Waals surface area contributed by atoms with Gasteiger partial charge in [0.1, 0.15) is 0 Å². The van der Waals surface area contributed by atoms with Crippen LogP contribution in [-0.2, 0) is 10.5 Å². The number of hydrogen-bond donors (Lipinski definition) is 0. The van der Waals surface area contributed by atoms with Gasteiger partial charge in [0.05, 0.1) is 24.1 Å². The number of urea groups is 1. The fourth-order valence-electron chi connectivity index (χ4n) is 2.09. The molecule has 3 rings (SSSR count). The number of amides is 3. The molecule has 0 saturated heterocycles. The molecule has 2 aliphatic rings. The number of halogens is 2. The summed E-state index contributed by atoms with van der Waals surface area (Å²) in [6.07, 6.45) is 0. The Kier molecular flexibility index (Phi) is 4.27. The van der Waals surface area contributed by atoms with Gasteiger partial charge in [0.15, 0.2) is 0 Å². The van der Waals surface area contributed by atoms with Gasteiger partial charge in [0, 0.05) is 5.75 Å². The Hall–Kier alpha value is -1.70. The number of amidine groups is 2. The number of nitrogens with zero attached hydrogens (tertiary/aromatic N) is 4. The molecule has 0 radical (unpaired) electrons. The first-order chi connectivity index (χ1) is 10.9. The average molecular weight is 370 g/mol. The largest absolute Gasteiger partial charge is 0.446 e. The molecule has 9 heteroatoms. The summed E-state index contributed by atoms with van der Waals surface area (Å²) in [6.45, 7) is 0. The van der Waals surface area contributed by atoms with Crippen LogP contribution in [0, 0.1) is 0 Å². The fourth-order valence-corrected chi connectivity index (χ4v) is 3.20. The van der Waals surface area contributed by atoms with E-state index in [4.69, 9.17) is 23.2 Å². The lowest BCUT2D eigenvalue weighted by Crippen LogP contribution is -2.51. The normalized spacial score (nSPS) is 17.5. The summed E-state index contributed by atoms with van der Waals surface area (Å²) in [5.41, 5.74) is 1.14. The van der Waals surface area contributed by atoms with Crippen LogP contribution in [0.3, 0.4) is 0 Å². The molecule has 23 heavy (non-hydrogen) atoms. The minimum absolute atomic E-state index is 0.186. The third-order valence-corrected chi connectivity index (χ3v) is 5.03. The molecular formula is C14H11Cl2N4O2S+. The van der Waals surface area contributed by atoms with Gasteiger partial charge in [0.25, 0.3) is 5.17 Å². The summed E-state index contributed by atoms with van der Waals surface area (Å²) < 4.78 is 1.31. The van der Waals surface area contributed by atoms with Crippen molar-refractivity contribution in [3.8, 4) is 0 Å². The van der Waals surface area contributed by atoms with E-state index in [0.717, 1.165) is 10.5 Å². The lowest BCUT2D eigenvalue weighted by Gasteiger charge is -2.15. The molecule has 0 spiro atoms. The van der Waals surface area contributed by atoms with Crippen molar-refractivity contribution < 1.29 is 14.2 Å². The summed E-state index contributed by atoms with van der Waals surface area (Å²) in [5.74, 6) is 0.410. The predicted molar refractivity (Wildman–Crippen MR) is 92.0 cm³/mol. The lowest BCUT2D eigenvalue weighted by atomic mass is 10.2. The number of rotatable bonds is 2. The van der Waals surface area contributed by atoms with E-state index in [-0.39, 0.29) is 11.5 Å². The number of benzene rings is 1. The Morgan fingerprint density at radius 2 is 1.96 bits per heavy atom. The average Bonchev–Trinajstić information content (AvgIpc) is 2.96. The molecule has 2 aliphatic heterocycles. The quantitative estimate of drug-likeness (QED) is 0.752. The van der Waals surface area contributed by atoms with E-state index >= 15 is 0 Å². The predicted octanol–water partition coefficient (Wildman–Crippen LogP) is 2.67. The first kappa shape index (κ1) is 16.2. The Morgan fingerprint density at radius 1 is 1.22 bits per heavy atom. The molecule has 3 amide bonds. The summed E-state index contributed by atoms with van der Waals surface area (Å²) in [4.78, 5) is 33.5. The van der Waals surface area contributed by atoms with Crippen LogP contribution >= 0.6 is 35.0 Å². The minimum Gasteiger partial charge on any atom is -0.248 e. The van der Waals surface area contributed by atoms with E-state index in [1.165, 1.54) is 23.4 Å². The molecule has 1 aromatic rings. The number of carbonyl (C=O) groups excluding carboxylic acids is 2. The molecule has 1 aromatic carbocycles. The molecule has 0 saturated carbocycles. The third-order valence-electron chi connectivity index (χ3n) is 3.37. The van der Waals surface area contributed by atoms with E-state index in [9.17, 15) is 9.59 Å². The van der Waals surface area contributed by atoms with E-state index in [0.29, 0.717) is 21.0 Å². The summed E-state index contributed by atoms with van der Waals surface area (Å²) in [6, 6.07) is 4.93. The van der Waals surface area contributed by atoms with Crippen LogP contribution in [0.25, 0.3) is 0 Å². The van der Waals surface area contributed by atoms with Crippen molar-refractivity contribution in [2.45, 2.75) is 5.75 Å². The van der Waals surface area contributed by atoms with Gasteiger partial charge in [-0.15, -0.1) is 0 Å². The second-order valence-corrected chi connectivity index (χ2v) is 6.68. The van der Waals surface area contributed by atoms with Crippen molar-refractivity contribution in [3.05, 3.63) is 33.8 Å². The molecule has 0 aliphatic carbocycles. The van der Waals surface area contributed by atoms with Crippen LogP contribution in [0.4, 0.5) is 4.79 Å². The zero-order valence-electron chi connectivity index (χ0n) is 12.2. The highest BCUT2D eigenvalue weighted by molar-refractivity contribution is 8.13. The fraction of sp³-hybridized carbons (Fsp3) is 0.214. The van der Waals surface area contributed by atoms with Crippen LogP contribution in [0.2, 0.25) is 10.0 Å². The highest BCUT2D eigenvalue weighted by Gasteiger charge is 2.44. The van der Waals surface area contributed by atoms with Gasteiger partial charge in [0.2, 0.25) is 5.71 Å². The number of thioether (sulfide) groups is 1. The van der Waals surface area contributed by atoms with E-state index < -0.39 is 11.9 Å². The maximum Gasteiger partial charge on any atom is 0.446 e. The second-order valence-electron chi connectivity index (χ2n) is 4.92. The van der Waals surface area contributed by atoms with E-state index in [1.54, 1.807) is 19.2 Å². The molecule has 0 bridgehead atoms. The van der Waals surface area contributed by atoms with Gasteiger partial charge >= 0.3 is 17.8 Å². The number of fused-ring (bicyclic) bond motifs is 1. The van der Waals surface area contributed by atoms with Gasteiger partial charge in [-0.2, -0.15) is 14.5 Å². The van der Waals surface area contributed by atoms with Crippen LogP contribution in [0.5, 0.6) is 0 Å². The van der Waals surface area contributed by atoms with Crippen LogP contribution in [0.15, 0.2) is 28.2 Å². The van der Waals surface area contributed by atoms with Gasteiger partial charge in [-0.25, -0.2) is 9.59 Å². The first-order valence-electron chi connectivity index (χ1n) is 6.55. The molecule has 0 aromatic heterocycles. The van der Waals surface area contributed by atoms with Crippen molar-refractivity contribution in [1.82, 2.24) is 4.90 Å². The van der Waals surface area contributed by atoms with E-state index in [1.807, 2.05) is 6.07 Å². The number of carbonyl (C=O) groups is 2. The van der Waals surface area contributed by atoms with Crippen molar-refractivity contribution in [2.75, 3.05) is 14.1 Å². The second kappa shape index (κ2) is 6.07. The first-order valence-corrected chi connectivity index (χ1v) is 8.30. The Morgan fingerprint density at radius 3 is 2.65 bits per heavy atom. The zero-order valence-corrected chi connectivity index (χ0v) is 14.5. The molecule has 0 N–H and O–H groups in total. The Balaban J connectivity index is 1.81. The van der Waals surface area contributed by atoms with Crippen molar-refractivity contribution in [2.24, 2.45) is 9.98 Å². The lowest BCUT2D eigenvalue weighted by molar-refractivity contribution is -0.401. The number of hydrogen-bond acceptors (Lipinski definition) is 5. The van der Waals surface area contributed by atoms with Gasteiger partial charge in [-0.1, -0.05) is 46.0 Å². The number of imide groups is 1. The topological polar surface area (TPSA) is 65.1 Å². The molecule has 0 fully saturated rings. The SMILES string of the molecule is CN1C(=O)C2=NC(SCc3ccc(Cl)c(Cl)c3)=NC2=[N+](C)C1=O. The monoisotopic (exact) mass is 369 g/mol. The van der Waals surface area contributed by atoms with Crippen LogP contribution in [0.1, 0.15) is 5.56 Å². The maximum absolute atomic E-state index is 12.1. The molecule has 6 nitrogen and oxygen atoms in total. The Bertz CT molecular complexity index is 832. The number of aliphatic imine (C=N–C) groups is 2. The smallest absolute Gasteiger partial charge is 0.248 e.